The van der Waals surface area contributed by atoms with Crippen LogP contribution in [0.25, 0.3) is 0 Å². The van der Waals surface area contributed by atoms with Crippen LogP contribution >= 0.6 is 34.2 Å². The van der Waals surface area contributed by atoms with Crippen LogP contribution in [0.2, 0.25) is 5.02 Å². The maximum absolute atomic E-state index is 13.9. The topological polar surface area (TPSA) is 66.8 Å². The number of ether oxygens (including phenoxy) is 1. The fraction of sp³-hybridized carbons (Fsp3) is 0.263. The van der Waals surface area contributed by atoms with Crippen molar-refractivity contribution in [3.63, 3.8) is 0 Å². The fourth-order valence-electron chi connectivity index (χ4n) is 3.18. The molecule has 5 nitrogen and oxygen atoms in total. The number of carbonyl (C=O) groups is 2. The lowest BCUT2D eigenvalue weighted by molar-refractivity contribution is 0.0916. The molecule has 1 aliphatic heterocycles. The molecule has 0 aromatic heterocycles. The number of carboxylic acid groups (broad SMARTS) is 1. The molecule has 0 saturated heterocycles. The van der Waals surface area contributed by atoms with Crippen LogP contribution in [0, 0.1) is 9.39 Å². The minimum absolute atomic E-state index is 0.0854. The van der Waals surface area contributed by atoms with E-state index >= 15 is 0 Å². The molecular formula is C19H16ClFINO4. The van der Waals surface area contributed by atoms with Gasteiger partial charge in [0.15, 0.2) is 6.61 Å². The van der Waals surface area contributed by atoms with Gasteiger partial charge in [0.1, 0.15) is 11.6 Å². The number of Topliss-reactive ketones (excluding diaryl/α,β-unsaturated/α-hetero) is 1. The number of benzene rings is 2. The van der Waals surface area contributed by atoms with Crippen LogP contribution in [0.3, 0.4) is 0 Å². The van der Waals surface area contributed by atoms with Gasteiger partial charge in [-0.2, -0.15) is 0 Å². The van der Waals surface area contributed by atoms with Gasteiger partial charge in [-0.15, -0.1) is 0 Å². The van der Waals surface area contributed by atoms with E-state index < -0.39 is 17.7 Å². The number of nitrogens with zero attached hydrogens (tertiary/aromatic N) is 1. The van der Waals surface area contributed by atoms with Gasteiger partial charge in [0.2, 0.25) is 5.78 Å². The van der Waals surface area contributed by atoms with E-state index in [0.717, 1.165) is 20.8 Å². The average molecular weight is 504 g/mol. The molecule has 142 valence electrons. The summed E-state index contributed by atoms with van der Waals surface area (Å²) in [7, 11) is 0. The molecule has 0 fully saturated rings. The standard InChI is InChI=1S/C19H16ClFINO4/c1-10-17-11(6-7-23(10)19(25)26)2-5-16(18(17)22)27-9-15(24)13-4-3-12(20)8-14(13)21/h2-5,8,10H,6-7,9H2,1H3,(H,25,26). The zero-order valence-electron chi connectivity index (χ0n) is 14.3. The number of halogens is 3. The second-order valence-electron chi connectivity index (χ2n) is 6.19. The molecular weight excluding hydrogens is 488 g/mol. The third-order valence-electron chi connectivity index (χ3n) is 4.58. The van der Waals surface area contributed by atoms with Gasteiger partial charge >= 0.3 is 6.09 Å². The Morgan fingerprint density at radius 2 is 2.11 bits per heavy atom. The van der Waals surface area contributed by atoms with Crippen LogP contribution in [0.5, 0.6) is 5.75 Å². The van der Waals surface area contributed by atoms with Gasteiger partial charge in [0.25, 0.3) is 0 Å². The van der Waals surface area contributed by atoms with E-state index in [0.29, 0.717) is 18.7 Å². The Balaban J connectivity index is 1.81. The summed E-state index contributed by atoms with van der Waals surface area (Å²) in [5.41, 5.74) is 1.86. The van der Waals surface area contributed by atoms with Gasteiger partial charge in [-0.3, -0.25) is 4.79 Å². The first-order valence-corrected chi connectivity index (χ1v) is 9.67. The van der Waals surface area contributed by atoms with Crippen LogP contribution in [-0.2, 0) is 6.42 Å². The molecule has 2 aromatic rings. The molecule has 0 aliphatic carbocycles. The lowest BCUT2D eigenvalue weighted by Gasteiger charge is -2.34. The molecule has 2 aromatic carbocycles. The minimum atomic E-state index is -0.969. The summed E-state index contributed by atoms with van der Waals surface area (Å²) in [4.78, 5) is 25.0. The van der Waals surface area contributed by atoms with Crippen molar-refractivity contribution in [1.82, 2.24) is 4.90 Å². The van der Waals surface area contributed by atoms with E-state index in [9.17, 15) is 19.1 Å². The highest BCUT2D eigenvalue weighted by Gasteiger charge is 2.30. The van der Waals surface area contributed by atoms with E-state index in [1.807, 2.05) is 13.0 Å². The maximum atomic E-state index is 13.9. The van der Waals surface area contributed by atoms with Crippen molar-refractivity contribution in [2.24, 2.45) is 0 Å². The van der Waals surface area contributed by atoms with Gasteiger partial charge in [-0.1, -0.05) is 17.7 Å². The Kier molecular flexibility index (Phi) is 5.90. The number of hydrogen-bond acceptors (Lipinski definition) is 3. The first kappa shape index (κ1) is 19.9. The molecule has 1 unspecified atom stereocenters. The lowest BCUT2D eigenvalue weighted by atomic mass is 9.93. The number of amides is 1. The number of ketones is 1. The normalized spacial score (nSPS) is 16.0. The molecule has 27 heavy (non-hydrogen) atoms. The van der Waals surface area contributed by atoms with E-state index in [4.69, 9.17) is 16.3 Å². The summed E-state index contributed by atoms with van der Waals surface area (Å²) in [6.45, 7) is 1.94. The van der Waals surface area contributed by atoms with Crippen LogP contribution in [0.15, 0.2) is 30.3 Å². The monoisotopic (exact) mass is 503 g/mol. The van der Waals surface area contributed by atoms with Gasteiger partial charge < -0.3 is 14.7 Å². The molecule has 1 atom stereocenters. The molecule has 1 amide bonds. The SMILES string of the molecule is CC1c2c(ccc(OCC(=O)c3ccc(Cl)cc3F)c2I)CCN1C(=O)O. The van der Waals surface area contributed by atoms with Crippen molar-refractivity contribution < 1.29 is 23.8 Å². The summed E-state index contributed by atoms with van der Waals surface area (Å²) in [6, 6.07) is 7.19. The fourth-order valence-corrected chi connectivity index (χ4v) is 4.47. The Morgan fingerprint density at radius 3 is 2.78 bits per heavy atom. The van der Waals surface area contributed by atoms with E-state index in [1.54, 1.807) is 6.07 Å². The van der Waals surface area contributed by atoms with Crippen LogP contribution < -0.4 is 4.74 Å². The Morgan fingerprint density at radius 1 is 1.37 bits per heavy atom. The molecule has 1 N–H and O–H groups in total. The number of hydrogen-bond donors (Lipinski definition) is 1. The van der Waals surface area contributed by atoms with Crippen molar-refractivity contribution in [2.75, 3.05) is 13.2 Å². The molecule has 0 spiro atoms. The van der Waals surface area contributed by atoms with Crippen molar-refractivity contribution in [2.45, 2.75) is 19.4 Å². The second kappa shape index (κ2) is 8.02. The third-order valence-corrected chi connectivity index (χ3v) is 5.93. The summed E-state index contributed by atoms with van der Waals surface area (Å²) < 4.78 is 20.3. The minimum Gasteiger partial charge on any atom is -0.484 e. The van der Waals surface area contributed by atoms with Gasteiger partial charge in [-0.05, 0) is 71.3 Å². The van der Waals surface area contributed by atoms with Crippen molar-refractivity contribution >= 4 is 46.1 Å². The Hall–Kier alpha value is -1.87. The maximum Gasteiger partial charge on any atom is 0.407 e. The zero-order valence-corrected chi connectivity index (χ0v) is 17.3. The number of fused-ring (bicyclic) bond motifs is 1. The van der Waals surface area contributed by atoms with Gasteiger partial charge in [0.05, 0.1) is 15.2 Å². The van der Waals surface area contributed by atoms with Crippen LogP contribution in [-0.4, -0.2) is 35.0 Å². The van der Waals surface area contributed by atoms with E-state index in [-0.39, 0.29) is 23.2 Å². The molecule has 3 rings (SSSR count). The van der Waals surface area contributed by atoms with Gasteiger partial charge in [0, 0.05) is 11.6 Å². The highest BCUT2D eigenvalue weighted by Crippen LogP contribution is 2.37. The predicted octanol–water partition coefficient (Wildman–Crippen LogP) is 4.94. The summed E-state index contributed by atoms with van der Waals surface area (Å²) in [5.74, 6) is -0.726. The average Bonchev–Trinajstić information content (AvgIpc) is 2.60. The first-order chi connectivity index (χ1) is 12.8. The van der Waals surface area contributed by atoms with Gasteiger partial charge in [-0.25, -0.2) is 9.18 Å². The molecule has 1 aliphatic rings. The molecule has 8 heteroatoms. The largest absolute Gasteiger partial charge is 0.484 e. The number of rotatable bonds is 4. The van der Waals surface area contributed by atoms with Crippen molar-refractivity contribution in [1.29, 1.82) is 0 Å². The van der Waals surface area contributed by atoms with E-state index in [1.165, 1.54) is 17.0 Å². The first-order valence-electron chi connectivity index (χ1n) is 8.21. The summed E-state index contributed by atoms with van der Waals surface area (Å²) >= 11 is 7.80. The highest BCUT2D eigenvalue weighted by molar-refractivity contribution is 14.1. The highest BCUT2D eigenvalue weighted by atomic mass is 127. The predicted molar refractivity (Wildman–Crippen MR) is 107 cm³/mol. The van der Waals surface area contributed by atoms with Crippen LogP contribution in [0.1, 0.15) is 34.5 Å². The third kappa shape index (κ3) is 4.03. The second-order valence-corrected chi connectivity index (χ2v) is 7.70. The van der Waals surface area contributed by atoms with Crippen molar-refractivity contribution in [3.05, 3.63) is 61.4 Å². The summed E-state index contributed by atoms with van der Waals surface area (Å²) in [6.07, 6.45) is -0.347. The zero-order chi connectivity index (χ0) is 19.7. The Bertz CT molecular complexity index is 921. The lowest BCUT2D eigenvalue weighted by Crippen LogP contribution is -2.38. The van der Waals surface area contributed by atoms with E-state index in [2.05, 4.69) is 22.6 Å². The molecule has 1 heterocycles. The quantitative estimate of drug-likeness (QED) is 0.474. The summed E-state index contributed by atoms with van der Waals surface area (Å²) in [5, 5.41) is 9.56. The van der Waals surface area contributed by atoms with Crippen molar-refractivity contribution in [3.8, 4) is 5.75 Å². The molecule has 0 radical (unpaired) electrons. The smallest absolute Gasteiger partial charge is 0.407 e. The Labute approximate surface area is 174 Å². The molecule has 0 bridgehead atoms. The number of carbonyl (C=O) groups excluding carboxylic acids is 1. The van der Waals surface area contributed by atoms with Crippen LogP contribution in [0.4, 0.5) is 9.18 Å². The molecule has 0 saturated carbocycles.